The smallest absolute Gasteiger partial charge is 0.254 e. The van der Waals surface area contributed by atoms with E-state index in [0.717, 1.165) is 41.7 Å². The van der Waals surface area contributed by atoms with Crippen molar-refractivity contribution in [3.05, 3.63) is 70.9 Å². The van der Waals surface area contributed by atoms with Gasteiger partial charge in [0, 0.05) is 28.7 Å². The molecule has 27 heavy (non-hydrogen) atoms. The molecular weight excluding hydrogens is 336 g/mol. The minimum absolute atomic E-state index is 0.0735. The number of amides is 1. The molecule has 2 N–H and O–H groups in total. The predicted octanol–water partition coefficient (Wildman–Crippen LogP) is 4.07. The van der Waals surface area contributed by atoms with Gasteiger partial charge in [-0.1, -0.05) is 30.3 Å². The maximum Gasteiger partial charge on any atom is 0.254 e. The largest absolute Gasteiger partial charge is 0.390 e. The molecule has 3 aromatic rings. The summed E-state index contributed by atoms with van der Waals surface area (Å²) in [5.74, 6) is 0.0735. The van der Waals surface area contributed by atoms with Gasteiger partial charge < -0.3 is 15.0 Å². The Morgan fingerprint density at radius 2 is 2.00 bits per heavy atom. The number of nitrogens with zero attached hydrogens (tertiary/aromatic N) is 1. The number of nitrogens with one attached hydrogen (secondary N) is 1. The second-order valence-corrected chi connectivity index (χ2v) is 8.12. The number of aromatic amines is 1. The predicted molar refractivity (Wildman–Crippen MR) is 108 cm³/mol. The van der Waals surface area contributed by atoms with Crippen LogP contribution in [0, 0.1) is 0 Å². The molecule has 0 unspecified atom stereocenters. The molecule has 0 saturated carbocycles. The normalized spacial score (nSPS) is 14.4. The number of aryl methyl sites for hydroxylation is 1. The monoisotopic (exact) mass is 362 g/mol. The highest BCUT2D eigenvalue weighted by atomic mass is 16.3. The zero-order chi connectivity index (χ0) is 19.0. The first-order chi connectivity index (χ1) is 12.9. The second kappa shape index (κ2) is 6.86. The van der Waals surface area contributed by atoms with Crippen LogP contribution in [0.25, 0.3) is 10.9 Å². The van der Waals surface area contributed by atoms with Crippen LogP contribution in [0.3, 0.4) is 0 Å². The van der Waals surface area contributed by atoms with Crippen molar-refractivity contribution in [2.24, 2.45) is 0 Å². The Labute approximate surface area is 159 Å². The van der Waals surface area contributed by atoms with E-state index in [1.54, 1.807) is 0 Å². The molecule has 1 aliphatic rings. The molecule has 1 amide bonds. The summed E-state index contributed by atoms with van der Waals surface area (Å²) in [6.45, 7) is 4.99. The van der Waals surface area contributed by atoms with E-state index in [4.69, 9.17) is 0 Å². The summed E-state index contributed by atoms with van der Waals surface area (Å²) in [5.41, 5.74) is 4.75. The van der Waals surface area contributed by atoms with Crippen LogP contribution in [0.1, 0.15) is 47.4 Å². The first-order valence-electron chi connectivity index (χ1n) is 9.60. The number of carbonyl (C=O) groups excluding carboxylic acids is 1. The van der Waals surface area contributed by atoms with Gasteiger partial charge in [-0.25, -0.2) is 0 Å². The van der Waals surface area contributed by atoms with Crippen molar-refractivity contribution in [3.8, 4) is 0 Å². The van der Waals surface area contributed by atoms with Crippen molar-refractivity contribution in [1.29, 1.82) is 0 Å². The highest BCUT2D eigenvalue weighted by Gasteiger charge is 2.24. The van der Waals surface area contributed by atoms with E-state index in [-0.39, 0.29) is 5.91 Å². The van der Waals surface area contributed by atoms with E-state index in [1.165, 1.54) is 10.9 Å². The minimum atomic E-state index is -0.696. The Morgan fingerprint density at radius 3 is 2.81 bits per heavy atom. The Morgan fingerprint density at radius 1 is 1.19 bits per heavy atom. The zero-order valence-corrected chi connectivity index (χ0v) is 16.0. The average molecular weight is 362 g/mol. The fraction of sp³-hybridized carbons (Fsp3) is 0.348. The SMILES string of the molecule is CC(C)(O)CCc1cccc(C(=O)N2CCc3c([nH]c4ccccc34)C2)c1. The summed E-state index contributed by atoms with van der Waals surface area (Å²) in [6.07, 6.45) is 2.31. The zero-order valence-electron chi connectivity index (χ0n) is 16.0. The number of benzene rings is 2. The molecule has 1 aliphatic heterocycles. The van der Waals surface area contributed by atoms with Crippen molar-refractivity contribution in [2.75, 3.05) is 6.54 Å². The highest BCUT2D eigenvalue weighted by Crippen LogP contribution is 2.28. The van der Waals surface area contributed by atoms with Gasteiger partial charge in [0.1, 0.15) is 0 Å². The Kier molecular flexibility index (Phi) is 4.52. The number of fused-ring (bicyclic) bond motifs is 3. The van der Waals surface area contributed by atoms with E-state index >= 15 is 0 Å². The van der Waals surface area contributed by atoms with Crippen LogP contribution >= 0.6 is 0 Å². The lowest BCUT2D eigenvalue weighted by Crippen LogP contribution is -2.35. The van der Waals surface area contributed by atoms with Gasteiger partial charge in [0.05, 0.1) is 12.1 Å². The van der Waals surface area contributed by atoms with Crippen molar-refractivity contribution < 1.29 is 9.90 Å². The van der Waals surface area contributed by atoms with Crippen LogP contribution in [-0.4, -0.2) is 33.0 Å². The van der Waals surface area contributed by atoms with Gasteiger partial charge in [0.15, 0.2) is 0 Å². The summed E-state index contributed by atoms with van der Waals surface area (Å²) >= 11 is 0. The summed E-state index contributed by atoms with van der Waals surface area (Å²) in [5, 5.41) is 11.2. The van der Waals surface area contributed by atoms with Crippen LogP contribution in [0.2, 0.25) is 0 Å². The van der Waals surface area contributed by atoms with Crippen molar-refractivity contribution in [1.82, 2.24) is 9.88 Å². The molecule has 0 saturated heterocycles. The van der Waals surface area contributed by atoms with Gasteiger partial charge in [0.25, 0.3) is 5.91 Å². The van der Waals surface area contributed by atoms with Crippen molar-refractivity contribution in [3.63, 3.8) is 0 Å². The van der Waals surface area contributed by atoms with Crippen LogP contribution in [0.15, 0.2) is 48.5 Å². The van der Waals surface area contributed by atoms with Crippen LogP contribution in [0.4, 0.5) is 0 Å². The maximum absolute atomic E-state index is 13.0. The third kappa shape index (κ3) is 3.76. The topological polar surface area (TPSA) is 56.3 Å². The van der Waals surface area contributed by atoms with E-state index in [9.17, 15) is 9.90 Å². The lowest BCUT2D eigenvalue weighted by molar-refractivity contribution is 0.0714. The number of H-pyrrole nitrogens is 1. The molecule has 2 heterocycles. The summed E-state index contributed by atoms with van der Waals surface area (Å²) in [6, 6.07) is 16.1. The first-order valence-corrected chi connectivity index (χ1v) is 9.60. The molecule has 0 spiro atoms. The second-order valence-electron chi connectivity index (χ2n) is 8.12. The van der Waals surface area contributed by atoms with Gasteiger partial charge in [-0.15, -0.1) is 0 Å². The molecule has 0 fully saturated rings. The maximum atomic E-state index is 13.0. The van der Waals surface area contributed by atoms with Gasteiger partial charge >= 0.3 is 0 Å². The number of hydrogen-bond donors (Lipinski definition) is 2. The van der Waals surface area contributed by atoms with E-state index < -0.39 is 5.60 Å². The van der Waals surface area contributed by atoms with Crippen molar-refractivity contribution >= 4 is 16.8 Å². The summed E-state index contributed by atoms with van der Waals surface area (Å²) < 4.78 is 0. The van der Waals surface area contributed by atoms with Crippen LogP contribution in [-0.2, 0) is 19.4 Å². The number of hydrogen-bond acceptors (Lipinski definition) is 2. The molecule has 4 heteroatoms. The quantitative estimate of drug-likeness (QED) is 0.735. The van der Waals surface area contributed by atoms with Gasteiger partial charge in [-0.3, -0.25) is 4.79 Å². The van der Waals surface area contributed by atoms with Crippen LogP contribution < -0.4 is 0 Å². The van der Waals surface area contributed by atoms with E-state index in [1.807, 2.05) is 49.1 Å². The minimum Gasteiger partial charge on any atom is -0.390 e. The van der Waals surface area contributed by atoms with Gasteiger partial charge in [-0.05, 0) is 62.4 Å². The molecule has 2 aromatic carbocycles. The third-order valence-electron chi connectivity index (χ3n) is 5.37. The Balaban J connectivity index is 1.52. The highest BCUT2D eigenvalue weighted by molar-refractivity contribution is 5.95. The fourth-order valence-corrected chi connectivity index (χ4v) is 3.86. The van der Waals surface area contributed by atoms with Gasteiger partial charge in [0.2, 0.25) is 0 Å². The molecule has 4 rings (SSSR count). The Bertz CT molecular complexity index is 981. The van der Waals surface area contributed by atoms with Crippen LogP contribution in [0.5, 0.6) is 0 Å². The number of carbonyl (C=O) groups is 1. The van der Waals surface area contributed by atoms with E-state index in [0.29, 0.717) is 13.0 Å². The van der Waals surface area contributed by atoms with E-state index in [2.05, 4.69) is 23.2 Å². The molecular formula is C23H26N2O2. The lowest BCUT2D eigenvalue weighted by Gasteiger charge is -2.27. The first kappa shape index (κ1) is 17.8. The average Bonchev–Trinajstić information content (AvgIpc) is 3.03. The molecule has 140 valence electrons. The molecule has 0 radical (unpaired) electrons. The molecule has 4 nitrogen and oxygen atoms in total. The summed E-state index contributed by atoms with van der Waals surface area (Å²) in [4.78, 5) is 18.4. The molecule has 0 bridgehead atoms. The van der Waals surface area contributed by atoms with Crippen molar-refractivity contribution in [2.45, 2.75) is 45.3 Å². The van der Waals surface area contributed by atoms with Gasteiger partial charge in [-0.2, -0.15) is 0 Å². The Hall–Kier alpha value is -2.59. The molecule has 1 aromatic heterocycles. The third-order valence-corrected chi connectivity index (χ3v) is 5.37. The molecule has 0 aliphatic carbocycles. The fourth-order valence-electron chi connectivity index (χ4n) is 3.86. The molecule has 0 atom stereocenters. The number of rotatable bonds is 4. The standard InChI is InChI=1S/C23H26N2O2/c1-23(2,27)12-10-16-6-5-7-17(14-16)22(26)25-13-11-19-18-8-3-4-9-20(18)24-21(19)15-25/h3-9,14,24,27H,10-13,15H2,1-2H3. The summed E-state index contributed by atoms with van der Waals surface area (Å²) in [7, 11) is 0. The number of aliphatic hydroxyl groups is 1. The number of aromatic nitrogens is 1. The number of para-hydroxylation sites is 1. The lowest BCUT2D eigenvalue weighted by atomic mass is 9.97.